The van der Waals surface area contributed by atoms with Crippen molar-refractivity contribution >= 4 is 5.97 Å². The summed E-state index contributed by atoms with van der Waals surface area (Å²) in [4.78, 5) is 11.1. The zero-order chi connectivity index (χ0) is 13.0. The number of carbonyl (C=O) groups excluding carboxylic acids is 1. The average Bonchev–Trinajstić information content (AvgIpc) is 2.73. The number of nitrogens with zero attached hydrogens (tertiary/aromatic N) is 2. The summed E-state index contributed by atoms with van der Waals surface area (Å²) in [6.45, 7) is 4.79. The summed E-state index contributed by atoms with van der Waals surface area (Å²) in [5.74, 6) is -0.445. The molecule has 96 valence electrons. The molecule has 1 rings (SSSR count). The van der Waals surface area contributed by atoms with Crippen molar-refractivity contribution in [1.82, 2.24) is 9.78 Å². The van der Waals surface area contributed by atoms with Crippen LogP contribution in [-0.2, 0) is 16.1 Å². The zero-order valence-electron chi connectivity index (χ0n) is 10.2. The third-order valence-corrected chi connectivity index (χ3v) is 2.29. The van der Waals surface area contributed by atoms with Crippen LogP contribution in [0.15, 0.2) is 12.4 Å². The predicted molar refractivity (Wildman–Crippen MR) is 60.0 cm³/mol. The number of rotatable bonds is 5. The maximum atomic E-state index is 11.1. The maximum absolute atomic E-state index is 11.1. The molecule has 17 heavy (non-hydrogen) atoms. The van der Waals surface area contributed by atoms with Crippen molar-refractivity contribution in [2.75, 3.05) is 7.11 Å². The number of aliphatic hydroxyl groups excluding tert-OH is 2. The molecule has 1 heterocycles. The van der Waals surface area contributed by atoms with Gasteiger partial charge in [-0.2, -0.15) is 5.10 Å². The monoisotopic (exact) mass is 242 g/mol. The summed E-state index contributed by atoms with van der Waals surface area (Å²) in [7, 11) is 1.15. The van der Waals surface area contributed by atoms with Gasteiger partial charge in [0.05, 0.1) is 13.3 Å². The topological polar surface area (TPSA) is 84.6 Å². The highest BCUT2D eigenvalue weighted by atomic mass is 16.5. The van der Waals surface area contributed by atoms with Crippen molar-refractivity contribution in [2.24, 2.45) is 5.92 Å². The highest BCUT2D eigenvalue weighted by molar-refractivity contribution is 5.75. The first-order valence-electron chi connectivity index (χ1n) is 5.42. The van der Waals surface area contributed by atoms with Crippen LogP contribution in [0.2, 0.25) is 0 Å². The first-order valence-corrected chi connectivity index (χ1v) is 5.42. The summed E-state index contributed by atoms with van der Waals surface area (Å²) in [6, 6.07) is 0. The fraction of sp³-hybridized carbons (Fsp3) is 0.636. The van der Waals surface area contributed by atoms with E-state index in [1.807, 2.05) is 13.8 Å². The number of carbonyl (C=O) groups is 1. The SMILES string of the molecule is COC(=O)C(O)C(O)c1cnn(CC(C)C)c1. The van der Waals surface area contributed by atoms with Gasteiger partial charge in [0, 0.05) is 18.3 Å². The lowest BCUT2D eigenvalue weighted by molar-refractivity contribution is -0.156. The lowest BCUT2D eigenvalue weighted by Crippen LogP contribution is -2.28. The number of hydrogen-bond donors (Lipinski definition) is 2. The van der Waals surface area contributed by atoms with Gasteiger partial charge in [-0.3, -0.25) is 4.68 Å². The molecule has 2 atom stereocenters. The summed E-state index contributed by atoms with van der Waals surface area (Å²) in [5, 5.41) is 23.2. The number of methoxy groups -OCH3 is 1. The summed E-state index contributed by atoms with van der Waals surface area (Å²) in [6.07, 6.45) is 0.135. The van der Waals surface area contributed by atoms with Gasteiger partial charge in [0.2, 0.25) is 0 Å². The largest absolute Gasteiger partial charge is 0.467 e. The molecule has 0 fully saturated rings. The fourth-order valence-corrected chi connectivity index (χ4v) is 1.44. The van der Waals surface area contributed by atoms with Gasteiger partial charge in [0.25, 0.3) is 0 Å². The van der Waals surface area contributed by atoms with Crippen molar-refractivity contribution in [3.05, 3.63) is 18.0 Å². The number of hydrogen-bond acceptors (Lipinski definition) is 5. The van der Waals surface area contributed by atoms with Crippen molar-refractivity contribution in [1.29, 1.82) is 0 Å². The molecule has 0 aliphatic rings. The molecule has 0 saturated heterocycles. The molecule has 2 N–H and O–H groups in total. The maximum Gasteiger partial charge on any atom is 0.337 e. The molecule has 1 aromatic rings. The van der Waals surface area contributed by atoms with Crippen molar-refractivity contribution in [3.63, 3.8) is 0 Å². The number of aliphatic hydroxyl groups is 2. The van der Waals surface area contributed by atoms with Gasteiger partial charge in [-0.25, -0.2) is 4.79 Å². The third kappa shape index (κ3) is 3.54. The van der Waals surface area contributed by atoms with Crippen LogP contribution in [0.5, 0.6) is 0 Å². The molecule has 6 nitrogen and oxygen atoms in total. The minimum Gasteiger partial charge on any atom is -0.467 e. The second-order valence-electron chi connectivity index (χ2n) is 4.30. The Balaban J connectivity index is 2.72. The van der Waals surface area contributed by atoms with Crippen LogP contribution < -0.4 is 0 Å². The molecule has 0 amide bonds. The van der Waals surface area contributed by atoms with Crippen LogP contribution in [0, 0.1) is 5.92 Å². The van der Waals surface area contributed by atoms with Gasteiger partial charge in [-0.05, 0) is 5.92 Å². The van der Waals surface area contributed by atoms with Crippen molar-refractivity contribution in [2.45, 2.75) is 32.6 Å². The Labute approximate surface area is 99.8 Å². The molecule has 0 aromatic carbocycles. The Morgan fingerprint density at radius 1 is 1.53 bits per heavy atom. The van der Waals surface area contributed by atoms with Gasteiger partial charge < -0.3 is 14.9 Å². The van der Waals surface area contributed by atoms with E-state index >= 15 is 0 Å². The van der Waals surface area contributed by atoms with Crippen LogP contribution >= 0.6 is 0 Å². The van der Waals surface area contributed by atoms with Crippen LogP contribution in [-0.4, -0.2) is 39.2 Å². The second kappa shape index (κ2) is 5.79. The Kier molecular flexibility index (Phi) is 4.65. The normalized spacial score (nSPS) is 14.7. The summed E-state index contributed by atoms with van der Waals surface area (Å²) in [5.41, 5.74) is 0.392. The van der Waals surface area contributed by atoms with Crippen LogP contribution in [0.1, 0.15) is 25.5 Å². The minimum atomic E-state index is -1.59. The van der Waals surface area contributed by atoms with E-state index in [9.17, 15) is 15.0 Å². The van der Waals surface area contributed by atoms with E-state index in [4.69, 9.17) is 0 Å². The molecule has 0 bridgehead atoms. The lowest BCUT2D eigenvalue weighted by atomic mass is 10.1. The van der Waals surface area contributed by atoms with Gasteiger partial charge in [-0.15, -0.1) is 0 Å². The van der Waals surface area contributed by atoms with E-state index in [0.717, 1.165) is 7.11 Å². The molecular weight excluding hydrogens is 224 g/mol. The summed E-state index contributed by atoms with van der Waals surface area (Å²) < 4.78 is 6.01. The first-order chi connectivity index (χ1) is 7.95. The molecule has 0 aliphatic carbocycles. The van der Waals surface area contributed by atoms with Gasteiger partial charge >= 0.3 is 5.97 Å². The number of aromatic nitrogens is 2. The second-order valence-corrected chi connectivity index (χ2v) is 4.30. The van der Waals surface area contributed by atoms with Crippen molar-refractivity contribution < 1.29 is 19.7 Å². The van der Waals surface area contributed by atoms with E-state index in [1.165, 1.54) is 6.20 Å². The molecular formula is C11H18N2O4. The van der Waals surface area contributed by atoms with Gasteiger partial charge in [0.1, 0.15) is 6.10 Å². The Morgan fingerprint density at radius 3 is 2.71 bits per heavy atom. The average molecular weight is 242 g/mol. The summed E-state index contributed by atoms with van der Waals surface area (Å²) >= 11 is 0. The van der Waals surface area contributed by atoms with E-state index in [2.05, 4.69) is 9.84 Å². The third-order valence-electron chi connectivity index (χ3n) is 2.29. The number of ether oxygens (including phenoxy) is 1. The first kappa shape index (κ1) is 13.7. The highest BCUT2D eigenvalue weighted by Crippen LogP contribution is 2.17. The predicted octanol–water partition coefficient (Wildman–Crippen LogP) is 0.106. The van der Waals surface area contributed by atoms with Gasteiger partial charge in [-0.1, -0.05) is 13.8 Å². The Bertz CT molecular complexity index is 375. The van der Waals surface area contributed by atoms with Crippen LogP contribution in [0.25, 0.3) is 0 Å². The molecule has 0 spiro atoms. The Hall–Kier alpha value is -1.40. The quantitative estimate of drug-likeness (QED) is 0.716. The van der Waals surface area contributed by atoms with E-state index < -0.39 is 18.2 Å². The molecule has 2 unspecified atom stereocenters. The minimum absolute atomic E-state index is 0.392. The lowest BCUT2D eigenvalue weighted by Gasteiger charge is -2.13. The van der Waals surface area contributed by atoms with Crippen molar-refractivity contribution in [3.8, 4) is 0 Å². The van der Waals surface area contributed by atoms with Gasteiger partial charge in [0.15, 0.2) is 6.10 Å². The number of esters is 1. The highest BCUT2D eigenvalue weighted by Gasteiger charge is 2.27. The molecule has 0 radical (unpaired) electrons. The Morgan fingerprint density at radius 2 is 2.18 bits per heavy atom. The smallest absolute Gasteiger partial charge is 0.337 e. The van der Waals surface area contributed by atoms with Crippen LogP contribution in [0.3, 0.4) is 0 Å². The zero-order valence-corrected chi connectivity index (χ0v) is 10.2. The molecule has 0 saturated carbocycles. The van der Waals surface area contributed by atoms with Crippen LogP contribution in [0.4, 0.5) is 0 Å². The van der Waals surface area contributed by atoms with E-state index in [-0.39, 0.29) is 0 Å². The molecule has 1 aromatic heterocycles. The van der Waals surface area contributed by atoms with E-state index in [0.29, 0.717) is 18.0 Å². The molecule has 6 heteroatoms. The van der Waals surface area contributed by atoms with E-state index in [1.54, 1.807) is 10.9 Å². The standard InChI is InChI=1S/C11H18N2O4/c1-7(2)5-13-6-8(4-12-13)9(14)10(15)11(16)17-3/h4,6-7,9-10,14-15H,5H2,1-3H3. The molecule has 0 aliphatic heterocycles. The fourth-order valence-electron chi connectivity index (χ4n) is 1.44.